The molecule has 1 aromatic heterocycles. The Balaban J connectivity index is 0.000000371. The van der Waals surface area contributed by atoms with Gasteiger partial charge in [0.25, 0.3) is 0 Å². The molecular formula is C5H12N4O. The van der Waals surface area contributed by atoms with Crippen LogP contribution in [0.1, 0.15) is 19.7 Å². The van der Waals surface area contributed by atoms with Gasteiger partial charge in [-0.25, -0.2) is 0 Å². The minimum atomic E-state index is 0.604. The van der Waals surface area contributed by atoms with Gasteiger partial charge in [0.05, 0.1) is 0 Å². The van der Waals surface area contributed by atoms with Gasteiger partial charge in [0.1, 0.15) is 7.11 Å². The summed E-state index contributed by atoms with van der Waals surface area (Å²) in [5.74, 6) is 0.604. The molecule has 58 valence electrons. The Bertz CT molecular complexity index is 174. The van der Waals surface area contributed by atoms with Gasteiger partial charge < -0.3 is 4.84 Å². The van der Waals surface area contributed by atoms with E-state index in [1.807, 2.05) is 13.8 Å². The van der Waals surface area contributed by atoms with Crippen LogP contribution < -0.4 is 4.84 Å². The maximum atomic E-state index is 4.57. The molecule has 0 aromatic carbocycles. The van der Waals surface area contributed by atoms with Crippen molar-refractivity contribution in [2.24, 2.45) is 0 Å². The number of rotatable bonds is 1. The Morgan fingerprint density at radius 2 is 2.00 bits per heavy atom. The van der Waals surface area contributed by atoms with E-state index in [0.29, 0.717) is 5.82 Å². The van der Waals surface area contributed by atoms with Crippen LogP contribution in [0.15, 0.2) is 0 Å². The first kappa shape index (κ1) is 8.87. The van der Waals surface area contributed by atoms with Crippen molar-refractivity contribution in [2.45, 2.75) is 20.8 Å². The summed E-state index contributed by atoms with van der Waals surface area (Å²) in [5.41, 5.74) is 0. The average Bonchev–Trinajstić information content (AvgIpc) is 2.40. The first-order chi connectivity index (χ1) is 4.83. The molecule has 0 aliphatic carbocycles. The predicted octanol–water partition coefficient (Wildman–Crippen LogP) is 0.0661. The summed E-state index contributed by atoms with van der Waals surface area (Å²) in [5, 5.41) is 10.7. The van der Waals surface area contributed by atoms with Gasteiger partial charge in [0.15, 0.2) is 5.82 Å². The summed E-state index contributed by atoms with van der Waals surface area (Å²) >= 11 is 0. The molecule has 0 saturated carbocycles. The molecule has 10 heavy (non-hydrogen) atoms. The maximum Gasteiger partial charge on any atom is 0.175 e. The van der Waals surface area contributed by atoms with Gasteiger partial charge in [0.2, 0.25) is 0 Å². The molecule has 0 aliphatic rings. The van der Waals surface area contributed by atoms with E-state index >= 15 is 0 Å². The summed E-state index contributed by atoms with van der Waals surface area (Å²) in [6.45, 7) is 5.74. The molecule has 5 nitrogen and oxygen atoms in total. The van der Waals surface area contributed by atoms with Gasteiger partial charge in [0, 0.05) is 4.96 Å². The number of aromatic nitrogens is 4. The van der Waals surface area contributed by atoms with Crippen molar-refractivity contribution in [2.75, 3.05) is 7.11 Å². The van der Waals surface area contributed by atoms with Crippen molar-refractivity contribution in [1.82, 2.24) is 20.4 Å². The van der Waals surface area contributed by atoms with Crippen LogP contribution in [0.2, 0.25) is 0 Å². The van der Waals surface area contributed by atoms with E-state index in [1.165, 1.54) is 7.11 Å². The number of hydrogen-bond acceptors (Lipinski definition) is 4. The Kier molecular flexibility index (Phi) is 4.19. The molecular weight excluding hydrogens is 132 g/mol. The summed E-state index contributed by atoms with van der Waals surface area (Å²) in [4.78, 5) is 5.62. The van der Waals surface area contributed by atoms with Gasteiger partial charge >= 0.3 is 0 Å². The predicted molar refractivity (Wildman–Crippen MR) is 36.4 cm³/mol. The molecule has 0 unspecified atom stereocenters. The standard InChI is InChI=1S/C3H6N4O.C2H6/c1-3-4-6-7(5-3)8-2;1-2/h1-2H3;1-2H3. The quantitative estimate of drug-likeness (QED) is 0.559. The van der Waals surface area contributed by atoms with Crippen LogP contribution in [0.25, 0.3) is 0 Å². The normalized spacial score (nSPS) is 8.00. The molecule has 0 N–H and O–H groups in total. The molecule has 0 amide bonds. The van der Waals surface area contributed by atoms with Crippen molar-refractivity contribution < 1.29 is 4.84 Å². The molecule has 1 aromatic rings. The van der Waals surface area contributed by atoms with Crippen molar-refractivity contribution in [3.63, 3.8) is 0 Å². The van der Waals surface area contributed by atoms with Crippen molar-refractivity contribution in [1.29, 1.82) is 0 Å². The Labute approximate surface area is 59.9 Å². The molecule has 0 aliphatic heterocycles. The summed E-state index contributed by atoms with van der Waals surface area (Å²) in [6, 6.07) is 0. The zero-order valence-corrected chi connectivity index (χ0v) is 6.70. The van der Waals surface area contributed by atoms with Crippen molar-refractivity contribution >= 4 is 0 Å². The molecule has 0 saturated heterocycles. The van der Waals surface area contributed by atoms with Gasteiger partial charge in [-0.2, -0.15) is 0 Å². The lowest BCUT2D eigenvalue weighted by molar-refractivity contribution is 0.0954. The lowest BCUT2D eigenvalue weighted by Gasteiger charge is -1.87. The molecule has 5 heteroatoms. The van der Waals surface area contributed by atoms with Gasteiger partial charge in [-0.1, -0.05) is 18.9 Å². The third kappa shape index (κ3) is 2.43. The maximum absolute atomic E-state index is 4.57. The Morgan fingerprint density at radius 3 is 2.20 bits per heavy atom. The summed E-state index contributed by atoms with van der Waals surface area (Å²) in [7, 11) is 1.47. The van der Waals surface area contributed by atoms with Crippen LogP contribution in [0.4, 0.5) is 0 Å². The van der Waals surface area contributed by atoms with E-state index < -0.39 is 0 Å². The third-order valence-corrected chi connectivity index (χ3v) is 0.660. The number of nitrogens with zero attached hydrogens (tertiary/aromatic N) is 4. The van der Waals surface area contributed by atoms with E-state index in [1.54, 1.807) is 6.92 Å². The van der Waals surface area contributed by atoms with Crippen LogP contribution in [0.3, 0.4) is 0 Å². The fourth-order valence-corrected chi connectivity index (χ4v) is 0.344. The second kappa shape index (κ2) is 4.72. The van der Waals surface area contributed by atoms with Crippen molar-refractivity contribution in [3.8, 4) is 0 Å². The number of aryl methyl sites for hydroxylation is 1. The lowest BCUT2D eigenvalue weighted by atomic mass is 10.8. The van der Waals surface area contributed by atoms with Gasteiger partial charge in [-0.3, -0.25) is 0 Å². The fraction of sp³-hybridized carbons (Fsp3) is 0.800. The van der Waals surface area contributed by atoms with Gasteiger partial charge in [-0.05, 0) is 12.1 Å². The topological polar surface area (TPSA) is 52.8 Å². The highest BCUT2D eigenvalue weighted by Gasteiger charge is 1.90. The summed E-state index contributed by atoms with van der Waals surface area (Å²) in [6.07, 6.45) is 0. The van der Waals surface area contributed by atoms with E-state index in [0.717, 1.165) is 4.96 Å². The Morgan fingerprint density at radius 1 is 1.40 bits per heavy atom. The van der Waals surface area contributed by atoms with Crippen LogP contribution >= 0.6 is 0 Å². The number of hydrogen-bond donors (Lipinski definition) is 0. The molecule has 0 atom stereocenters. The molecule has 1 heterocycles. The minimum Gasteiger partial charge on any atom is -0.383 e. The highest BCUT2D eigenvalue weighted by Crippen LogP contribution is 1.75. The first-order valence-electron chi connectivity index (χ1n) is 3.14. The highest BCUT2D eigenvalue weighted by atomic mass is 16.7. The highest BCUT2D eigenvalue weighted by molar-refractivity contribution is 4.64. The van der Waals surface area contributed by atoms with E-state index in [9.17, 15) is 0 Å². The first-order valence-corrected chi connectivity index (χ1v) is 3.14. The second-order valence-corrected chi connectivity index (χ2v) is 1.27. The van der Waals surface area contributed by atoms with E-state index in [-0.39, 0.29) is 0 Å². The zero-order chi connectivity index (χ0) is 7.98. The fourth-order valence-electron chi connectivity index (χ4n) is 0.344. The summed E-state index contributed by atoms with van der Waals surface area (Å²) < 4.78 is 0. The third-order valence-electron chi connectivity index (χ3n) is 0.660. The number of tetrazole rings is 1. The monoisotopic (exact) mass is 144 g/mol. The van der Waals surface area contributed by atoms with E-state index in [2.05, 4.69) is 20.2 Å². The minimum absolute atomic E-state index is 0.604. The van der Waals surface area contributed by atoms with E-state index in [4.69, 9.17) is 0 Å². The van der Waals surface area contributed by atoms with Gasteiger partial charge in [-0.15, -0.1) is 5.10 Å². The molecule has 1 rings (SSSR count). The van der Waals surface area contributed by atoms with Crippen molar-refractivity contribution in [3.05, 3.63) is 5.82 Å². The lowest BCUT2D eigenvalue weighted by Crippen LogP contribution is -2.09. The smallest absolute Gasteiger partial charge is 0.175 e. The molecule has 0 bridgehead atoms. The zero-order valence-electron chi connectivity index (χ0n) is 6.70. The molecule has 0 fully saturated rings. The molecule has 0 spiro atoms. The van der Waals surface area contributed by atoms with Crippen LogP contribution in [0, 0.1) is 6.92 Å². The van der Waals surface area contributed by atoms with Crippen LogP contribution in [-0.4, -0.2) is 27.5 Å². The average molecular weight is 144 g/mol. The molecule has 0 radical (unpaired) electrons. The van der Waals surface area contributed by atoms with Crippen LogP contribution in [0.5, 0.6) is 0 Å². The van der Waals surface area contributed by atoms with Crippen LogP contribution in [-0.2, 0) is 0 Å². The second-order valence-electron chi connectivity index (χ2n) is 1.27. The Hall–Kier alpha value is -1.13. The SMILES string of the molecule is CC.COn1nnc(C)n1. The largest absolute Gasteiger partial charge is 0.383 e.